The molecule has 0 N–H and O–H groups in total. The second-order valence-electron chi connectivity index (χ2n) is 4.91. The predicted molar refractivity (Wildman–Crippen MR) is 71.7 cm³/mol. The van der Waals surface area contributed by atoms with Crippen molar-refractivity contribution in [2.45, 2.75) is 38.7 Å². The molecule has 1 aromatic heterocycles. The number of ketones is 1. The largest absolute Gasteiger partial charge is 0.485 e. The molecule has 20 heavy (non-hydrogen) atoms. The molecule has 0 spiro atoms. The molecular weight excluding hydrogens is 256 g/mol. The highest BCUT2D eigenvalue weighted by Gasteiger charge is 2.29. The van der Waals surface area contributed by atoms with Crippen LogP contribution in [-0.2, 0) is 6.61 Å². The Morgan fingerprint density at radius 1 is 1.35 bits per heavy atom. The molecule has 5 nitrogen and oxygen atoms in total. The number of carbonyl (C=O) groups is 1. The fourth-order valence-corrected chi connectivity index (χ4v) is 1.91. The number of ether oxygens (including phenoxy) is 1. The third-order valence-electron chi connectivity index (χ3n) is 3.28. The van der Waals surface area contributed by atoms with Crippen molar-refractivity contribution in [3.05, 3.63) is 41.5 Å². The van der Waals surface area contributed by atoms with Crippen molar-refractivity contribution in [2.24, 2.45) is 0 Å². The van der Waals surface area contributed by atoms with E-state index in [1.54, 1.807) is 24.3 Å². The molecule has 104 valence electrons. The maximum atomic E-state index is 11.5. The number of carbonyl (C=O) groups excluding carboxylic acids is 1. The third kappa shape index (κ3) is 2.87. The van der Waals surface area contributed by atoms with E-state index in [1.807, 2.05) is 6.92 Å². The highest BCUT2D eigenvalue weighted by molar-refractivity contribution is 5.95. The molecule has 1 aromatic carbocycles. The molecule has 0 saturated heterocycles. The lowest BCUT2D eigenvalue weighted by Gasteiger charge is -2.04. The van der Waals surface area contributed by atoms with Crippen LogP contribution in [0.25, 0.3) is 0 Å². The molecule has 0 aliphatic heterocycles. The number of hydrogen-bond donors (Lipinski definition) is 0. The maximum Gasteiger partial charge on any atom is 0.229 e. The summed E-state index contributed by atoms with van der Waals surface area (Å²) in [6.45, 7) is 2.12. The van der Waals surface area contributed by atoms with E-state index in [4.69, 9.17) is 9.26 Å². The van der Waals surface area contributed by atoms with Gasteiger partial charge in [-0.15, -0.1) is 0 Å². The normalized spacial score (nSPS) is 14.2. The summed E-state index contributed by atoms with van der Waals surface area (Å²) in [6, 6.07) is 7.11. The first-order chi connectivity index (χ1) is 9.76. The first-order valence-corrected chi connectivity index (χ1v) is 6.85. The molecule has 1 saturated carbocycles. The van der Waals surface area contributed by atoms with Gasteiger partial charge >= 0.3 is 0 Å². The number of nitrogens with zero attached hydrogens (tertiary/aromatic N) is 2. The van der Waals surface area contributed by atoms with E-state index in [-0.39, 0.29) is 12.4 Å². The van der Waals surface area contributed by atoms with Gasteiger partial charge in [-0.25, -0.2) is 0 Å². The maximum absolute atomic E-state index is 11.5. The van der Waals surface area contributed by atoms with Crippen LogP contribution in [0.2, 0.25) is 0 Å². The highest BCUT2D eigenvalue weighted by atomic mass is 16.5. The van der Waals surface area contributed by atoms with Gasteiger partial charge in [-0.05, 0) is 37.1 Å². The first-order valence-electron chi connectivity index (χ1n) is 6.85. The lowest BCUT2D eigenvalue weighted by atomic mass is 10.1. The second kappa shape index (κ2) is 5.45. The molecule has 1 heterocycles. The van der Waals surface area contributed by atoms with Gasteiger partial charge < -0.3 is 9.26 Å². The zero-order chi connectivity index (χ0) is 13.9. The molecule has 0 amide bonds. The Morgan fingerprint density at radius 3 is 2.75 bits per heavy atom. The molecule has 1 aliphatic carbocycles. The summed E-state index contributed by atoms with van der Waals surface area (Å²) in [7, 11) is 0. The van der Waals surface area contributed by atoms with Gasteiger partial charge in [0.2, 0.25) is 11.7 Å². The number of Topliss-reactive ketones (excluding diaryl/α,β-unsaturated/α-hetero) is 1. The minimum Gasteiger partial charge on any atom is -0.485 e. The monoisotopic (exact) mass is 272 g/mol. The number of rotatable bonds is 6. The van der Waals surface area contributed by atoms with E-state index < -0.39 is 0 Å². The van der Waals surface area contributed by atoms with Gasteiger partial charge in [-0.3, -0.25) is 4.79 Å². The predicted octanol–water partition coefficient (Wildman–Crippen LogP) is 3.12. The molecule has 0 radical (unpaired) electrons. The van der Waals surface area contributed by atoms with E-state index in [9.17, 15) is 4.79 Å². The second-order valence-corrected chi connectivity index (χ2v) is 4.91. The van der Waals surface area contributed by atoms with Crippen molar-refractivity contribution < 1.29 is 14.1 Å². The molecule has 1 fully saturated rings. The molecule has 1 aliphatic rings. The van der Waals surface area contributed by atoms with Crippen molar-refractivity contribution in [1.82, 2.24) is 10.1 Å². The summed E-state index contributed by atoms with van der Waals surface area (Å²) < 4.78 is 10.7. The quantitative estimate of drug-likeness (QED) is 0.756. The average molecular weight is 272 g/mol. The Bertz CT molecular complexity index is 600. The van der Waals surface area contributed by atoms with Gasteiger partial charge in [0.25, 0.3) is 0 Å². The van der Waals surface area contributed by atoms with Crippen LogP contribution in [0.3, 0.4) is 0 Å². The van der Waals surface area contributed by atoms with Crippen molar-refractivity contribution in [3.8, 4) is 5.75 Å². The third-order valence-corrected chi connectivity index (χ3v) is 3.28. The minimum atomic E-state index is 0.129. The first kappa shape index (κ1) is 12.8. The van der Waals surface area contributed by atoms with Crippen LogP contribution < -0.4 is 4.74 Å². The van der Waals surface area contributed by atoms with Crippen LogP contribution in [0.15, 0.2) is 28.8 Å². The fourth-order valence-electron chi connectivity index (χ4n) is 1.91. The zero-order valence-corrected chi connectivity index (χ0v) is 11.3. The molecular formula is C15H16N2O3. The summed E-state index contributed by atoms with van der Waals surface area (Å²) >= 11 is 0. The van der Waals surface area contributed by atoms with E-state index in [0.29, 0.717) is 35.4 Å². The van der Waals surface area contributed by atoms with Gasteiger partial charge in [-0.1, -0.05) is 12.1 Å². The van der Waals surface area contributed by atoms with Gasteiger partial charge in [0, 0.05) is 17.9 Å². The summed E-state index contributed by atoms with van der Waals surface area (Å²) in [4.78, 5) is 15.8. The molecule has 0 bridgehead atoms. The van der Waals surface area contributed by atoms with Gasteiger partial charge in [0.1, 0.15) is 5.75 Å². The molecule has 2 aromatic rings. The SMILES string of the molecule is CCC(=O)c1ccc(OCc2noc(C3CC3)n2)cc1. The van der Waals surface area contributed by atoms with Crippen LogP contribution in [0.4, 0.5) is 0 Å². The molecule has 5 heteroatoms. The Hall–Kier alpha value is -2.17. The molecule has 3 rings (SSSR count). The van der Waals surface area contributed by atoms with Crippen molar-refractivity contribution in [3.63, 3.8) is 0 Å². The van der Waals surface area contributed by atoms with Gasteiger partial charge in [-0.2, -0.15) is 4.98 Å². The summed E-state index contributed by atoms with van der Waals surface area (Å²) in [6.07, 6.45) is 2.78. The topological polar surface area (TPSA) is 65.2 Å². The van der Waals surface area contributed by atoms with Gasteiger partial charge in [0.05, 0.1) is 0 Å². The smallest absolute Gasteiger partial charge is 0.229 e. The van der Waals surface area contributed by atoms with Crippen LogP contribution in [0, 0.1) is 0 Å². The lowest BCUT2D eigenvalue weighted by Crippen LogP contribution is -1.99. The highest BCUT2D eigenvalue weighted by Crippen LogP contribution is 2.38. The zero-order valence-electron chi connectivity index (χ0n) is 11.3. The van der Waals surface area contributed by atoms with Crippen LogP contribution in [0.5, 0.6) is 5.75 Å². The van der Waals surface area contributed by atoms with Crippen molar-refractivity contribution in [2.75, 3.05) is 0 Å². The van der Waals surface area contributed by atoms with Crippen molar-refractivity contribution in [1.29, 1.82) is 0 Å². The van der Waals surface area contributed by atoms with E-state index in [1.165, 1.54) is 0 Å². The Kier molecular flexibility index (Phi) is 3.50. The Morgan fingerprint density at radius 2 is 2.10 bits per heavy atom. The van der Waals surface area contributed by atoms with Crippen LogP contribution >= 0.6 is 0 Å². The number of benzene rings is 1. The van der Waals surface area contributed by atoms with E-state index in [0.717, 1.165) is 12.8 Å². The van der Waals surface area contributed by atoms with E-state index >= 15 is 0 Å². The molecule has 0 unspecified atom stereocenters. The average Bonchev–Trinajstić information content (AvgIpc) is 3.24. The van der Waals surface area contributed by atoms with Crippen LogP contribution in [0.1, 0.15) is 54.2 Å². The van der Waals surface area contributed by atoms with Gasteiger partial charge in [0.15, 0.2) is 12.4 Å². The summed E-state index contributed by atoms with van der Waals surface area (Å²) in [5.41, 5.74) is 0.704. The Labute approximate surface area is 116 Å². The number of aromatic nitrogens is 2. The molecule has 0 atom stereocenters. The van der Waals surface area contributed by atoms with E-state index in [2.05, 4.69) is 10.1 Å². The summed E-state index contributed by atoms with van der Waals surface area (Å²) in [5.74, 6) is 2.54. The fraction of sp³-hybridized carbons (Fsp3) is 0.400. The summed E-state index contributed by atoms with van der Waals surface area (Å²) in [5, 5.41) is 3.89. The standard InChI is InChI=1S/C15H16N2O3/c1-2-13(18)10-5-7-12(8-6-10)19-9-14-16-15(20-17-14)11-3-4-11/h5-8,11H,2-4,9H2,1H3. The lowest BCUT2D eigenvalue weighted by molar-refractivity contribution is 0.0988. The minimum absolute atomic E-state index is 0.129. The Balaban J connectivity index is 1.58. The number of hydrogen-bond acceptors (Lipinski definition) is 5. The van der Waals surface area contributed by atoms with Crippen LogP contribution in [-0.4, -0.2) is 15.9 Å². The van der Waals surface area contributed by atoms with Crippen molar-refractivity contribution >= 4 is 5.78 Å².